The fourth-order valence-electron chi connectivity index (χ4n) is 4.77. The van der Waals surface area contributed by atoms with E-state index in [1.807, 2.05) is 22.7 Å². The third-order valence-electron chi connectivity index (χ3n) is 6.45. The number of phenols is 1. The van der Waals surface area contributed by atoms with Crippen molar-refractivity contribution in [2.24, 2.45) is 0 Å². The second kappa shape index (κ2) is 7.59. The van der Waals surface area contributed by atoms with Gasteiger partial charge < -0.3 is 19.1 Å². The minimum Gasteiger partial charge on any atom is -0.507 e. The summed E-state index contributed by atoms with van der Waals surface area (Å²) in [6.07, 6.45) is 9.56. The topological polar surface area (TPSA) is 53.2 Å². The number of anilines is 1. The van der Waals surface area contributed by atoms with E-state index in [2.05, 4.69) is 28.1 Å². The van der Waals surface area contributed by atoms with Crippen LogP contribution in [0.1, 0.15) is 25.7 Å². The van der Waals surface area contributed by atoms with Gasteiger partial charge in [-0.1, -0.05) is 12.8 Å². The van der Waals surface area contributed by atoms with E-state index in [9.17, 15) is 5.11 Å². The Hall–Kier alpha value is -2.73. The molecule has 0 radical (unpaired) electrons. The van der Waals surface area contributed by atoms with Crippen LogP contribution in [0.3, 0.4) is 0 Å². The van der Waals surface area contributed by atoms with Crippen LogP contribution in [-0.2, 0) is 0 Å². The van der Waals surface area contributed by atoms with Gasteiger partial charge in [0.25, 0.3) is 0 Å². The van der Waals surface area contributed by atoms with Crippen LogP contribution in [0.5, 0.6) is 11.5 Å². The fraction of sp³-hybridized carbons (Fsp3) is 0.435. The minimum absolute atomic E-state index is 0.177. The number of piperazine rings is 1. The maximum Gasteiger partial charge on any atom is 0.139 e. The third kappa shape index (κ3) is 3.53. The Balaban J connectivity index is 1.35. The van der Waals surface area contributed by atoms with Crippen molar-refractivity contribution < 1.29 is 9.84 Å². The number of hydrogen-bond acceptors (Lipinski definition) is 5. The Kier molecular flexibility index (Phi) is 4.79. The molecule has 1 aliphatic carbocycles. The predicted molar refractivity (Wildman–Crippen MR) is 115 cm³/mol. The van der Waals surface area contributed by atoms with Gasteiger partial charge in [0, 0.05) is 68.0 Å². The molecule has 3 aromatic rings. The molecule has 1 saturated carbocycles. The molecule has 6 heteroatoms. The quantitative estimate of drug-likeness (QED) is 0.732. The number of aromatic hydroxyl groups is 1. The maximum absolute atomic E-state index is 10.3. The number of ether oxygens (including phenoxy) is 1. The third-order valence-corrected chi connectivity index (χ3v) is 6.45. The number of phenolic OH excluding ortho intramolecular Hbond substituents is 1. The summed E-state index contributed by atoms with van der Waals surface area (Å²) in [4.78, 5) is 9.90. The number of benzene rings is 1. The van der Waals surface area contributed by atoms with Crippen molar-refractivity contribution in [2.75, 3.05) is 38.2 Å². The van der Waals surface area contributed by atoms with E-state index in [4.69, 9.17) is 9.72 Å². The Bertz CT molecular complexity index is 1000. The summed E-state index contributed by atoms with van der Waals surface area (Å²) in [5.41, 5.74) is 3.58. The zero-order valence-corrected chi connectivity index (χ0v) is 16.9. The van der Waals surface area contributed by atoms with E-state index in [1.165, 1.54) is 31.4 Å². The minimum atomic E-state index is 0.177. The monoisotopic (exact) mass is 392 g/mol. The van der Waals surface area contributed by atoms with Gasteiger partial charge in [0.15, 0.2) is 0 Å². The number of pyridine rings is 1. The lowest BCUT2D eigenvalue weighted by Crippen LogP contribution is -2.49. The highest BCUT2D eigenvalue weighted by atomic mass is 16.5. The summed E-state index contributed by atoms with van der Waals surface area (Å²) in [5.74, 6) is 0.810. The highest BCUT2D eigenvalue weighted by Crippen LogP contribution is 2.32. The molecule has 0 unspecified atom stereocenters. The molecule has 2 aliphatic rings. The standard InChI is InChI=1S/C23H28N4O2/c1-29-19-6-7-20(22(28)15-19)21-16-27-9-8-18(14-23(27)24-21)26-12-10-25(11-13-26)17-4-2-3-5-17/h6-9,14-17,28H,2-5,10-13H2,1H3. The SMILES string of the molecule is COc1ccc(-c2cn3ccc(N4CCN(C5CCCC5)CC4)cc3n2)c(O)c1. The molecule has 0 spiro atoms. The smallest absolute Gasteiger partial charge is 0.139 e. The molecule has 2 fully saturated rings. The van der Waals surface area contributed by atoms with Crippen LogP contribution in [0.4, 0.5) is 5.69 Å². The van der Waals surface area contributed by atoms with Gasteiger partial charge in [-0.05, 0) is 31.0 Å². The van der Waals surface area contributed by atoms with Gasteiger partial charge in [0.2, 0.25) is 0 Å². The molecule has 3 heterocycles. The maximum atomic E-state index is 10.3. The molecule has 6 nitrogen and oxygen atoms in total. The lowest BCUT2D eigenvalue weighted by molar-refractivity contribution is 0.187. The van der Waals surface area contributed by atoms with Crippen LogP contribution in [0.2, 0.25) is 0 Å². The molecular formula is C23H28N4O2. The Morgan fingerprint density at radius 2 is 1.83 bits per heavy atom. The number of fused-ring (bicyclic) bond motifs is 1. The number of aromatic nitrogens is 2. The van der Waals surface area contributed by atoms with Gasteiger partial charge in [-0.25, -0.2) is 4.98 Å². The average molecular weight is 393 g/mol. The summed E-state index contributed by atoms with van der Waals surface area (Å²) in [7, 11) is 1.59. The van der Waals surface area contributed by atoms with E-state index in [1.54, 1.807) is 13.2 Å². The Morgan fingerprint density at radius 3 is 2.55 bits per heavy atom. The second-order valence-electron chi connectivity index (χ2n) is 8.12. The van der Waals surface area contributed by atoms with Gasteiger partial charge >= 0.3 is 0 Å². The predicted octanol–water partition coefficient (Wildman–Crippen LogP) is 3.78. The van der Waals surface area contributed by atoms with E-state index in [0.29, 0.717) is 11.3 Å². The zero-order valence-electron chi connectivity index (χ0n) is 16.9. The molecular weight excluding hydrogens is 364 g/mol. The Labute approximate surface area is 171 Å². The summed E-state index contributed by atoms with van der Waals surface area (Å²) >= 11 is 0. The number of imidazole rings is 1. The lowest BCUT2D eigenvalue weighted by Gasteiger charge is -2.39. The normalized spacial score (nSPS) is 18.6. The molecule has 0 atom stereocenters. The number of methoxy groups -OCH3 is 1. The molecule has 1 aromatic carbocycles. The number of hydrogen-bond donors (Lipinski definition) is 1. The van der Waals surface area contributed by atoms with Crippen LogP contribution < -0.4 is 9.64 Å². The summed E-state index contributed by atoms with van der Waals surface area (Å²) < 4.78 is 7.18. The number of nitrogens with zero attached hydrogens (tertiary/aromatic N) is 4. The summed E-state index contributed by atoms with van der Waals surface area (Å²) in [6, 6.07) is 10.4. The van der Waals surface area contributed by atoms with Crippen molar-refractivity contribution in [1.29, 1.82) is 0 Å². The van der Waals surface area contributed by atoms with E-state index in [-0.39, 0.29) is 5.75 Å². The molecule has 2 aromatic heterocycles. The summed E-state index contributed by atoms with van der Waals surface area (Å²) in [5, 5.41) is 10.3. The molecule has 5 rings (SSSR count). The Morgan fingerprint density at radius 1 is 1.03 bits per heavy atom. The first-order chi connectivity index (χ1) is 14.2. The molecule has 0 bridgehead atoms. The highest BCUT2D eigenvalue weighted by Gasteiger charge is 2.26. The molecule has 0 amide bonds. The van der Waals surface area contributed by atoms with Gasteiger partial charge in [-0.15, -0.1) is 0 Å². The van der Waals surface area contributed by atoms with Crippen molar-refractivity contribution in [3.8, 4) is 22.8 Å². The first kappa shape index (κ1) is 18.3. The van der Waals surface area contributed by atoms with Gasteiger partial charge in [0.1, 0.15) is 17.1 Å². The van der Waals surface area contributed by atoms with Gasteiger partial charge in [-0.2, -0.15) is 0 Å². The van der Waals surface area contributed by atoms with E-state index in [0.717, 1.165) is 43.6 Å². The van der Waals surface area contributed by atoms with Crippen molar-refractivity contribution in [1.82, 2.24) is 14.3 Å². The van der Waals surface area contributed by atoms with Crippen LogP contribution in [0, 0.1) is 0 Å². The molecule has 1 N–H and O–H groups in total. The van der Waals surface area contributed by atoms with Crippen LogP contribution in [0.15, 0.2) is 42.7 Å². The van der Waals surface area contributed by atoms with Crippen LogP contribution in [-0.4, -0.2) is 58.7 Å². The van der Waals surface area contributed by atoms with Crippen LogP contribution in [0.25, 0.3) is 16.9 Å². The molecule has 152 valence electrons. The largest absolute Gasteiger partial charge is 0.507 e. The van der Waals surface area contributed by atoms with E-state index >= 15 is 0 Å². The fourth-order valence-corrected chi connectivity index (χ4v) is 4.77. The molecule has 1 saturated heterocycles. The average Bonchev–Trinajstić information content (AvgIpc) is 3.43. The lowest BCUT2D eigenvalue weighted by atomic mass is 10.1. The first-order valence-corrected chi connectivity index (χ1v) is 10.6. The molecule has 29 heavy (non-hydrogen) atoms. The van der Waals surface area contributed by atoms with Crippen molar-refractivity contribution in [3.63, 3.8) is 0 Å². The number of rotatable bonds is 4. The second-order valence-corrected chi connectivity index (χ2v) is 8.12. The molecule has 1 aliphatic heterocycles. The van der Waals surface area contributed by atoms with Crippen molar-refractivity contribution in [2.45, 2.75) is 31.7 Å². The first-order valence-electron chi connectivity index (χ1n) is 10.6. The van der Waals surface area contributed by atoms with Crippen molar-refractivity contribution in [3.05, 3.63) is 42.7 Å². The zero-order chi connectivity index (χ0) is 19.8. The van der Waals surface area contributed by atoms with Crippen molar-refractivity contribution >= 4 is 11.3 Å². The van der Waals surface area contributed by atoms with Gasteiger partial charge in [-0.3, -0.25) is 4.90 Å². The van der Waals surface area contributed by atoms with Crippen LogP contribution >= 0.6 is 0 Å². The highest BCUT2D eigenvalue weighted by molar-refractivity contribution is 5.71. The summed E-state index contributed by atoms with van der Waals surface area (Å²) in [6.45, 7) is 4.43. The van der Waals surface area contributed by atoms with E-state index < -0.39 is 0 Å². The van der Waals surface area contributed by atoms with Gasteiger partial charge in [0.05, 0.1) is 12.8 Å².